The van der Waals surface area contributed by atoms with E-state index in [9.17, 15) is 4.79 Å². The second kappa shape index (κ2) is 5.69. The van der Waals surface area contributed by atoms with Crippen LogP contribution in [0.3, 0.4) is 0 Å². The van der Waals surface area contributed by atoms with Gasteiger partial charge >= 0.3 is 0 Å². The topological polar surface area (TPSA) is 94.2 Å². The summed E-state index contributed by atoms with van der Waals surface area (Å²) in [5.41, 5.74) is 0.369. The van der Waals surface area contributed by atoms with E-state index in [-0.39, 0.29) is 18.1 Å². The van der Waals surface area contributed by atoms with Crippen LogP contribution >= 0.6 is 0 Å². The first-order valence-electron chi connectivity index (χ1n) is 7.71. The van der Waals surface area contributed by atoms with Gasteiger partial charge in [0.1, 0.15) is 11.8 Å². The van der Waals surface area contributed by atoms with Crippen LogP contribution in [0.2, 0.25) is 0 Å². The molecule has 4 rings (SSSR count). The van der Waals surface area contributed by atoms with Crippen LogP contribution in [-0.4, -0.2) is 50.1 Å². The zero-order chi connectivity index (χ0) is 15.8. The molecule has 8 nitrogen and oxygen atoms in total. The van der Waals surface area contributed by atoms with E-state index in [1.54, 1.807) is 18.0 Å². The molecule has 0 bridgehead atoms. The van der Waals surface area contributed by atoms with Gasteiger partial charge in [-0.1, -0.05) is 5.16 Å². The van der Waals surface area contributed by atoms with E-state index < -0.39 is 0 Å². The lowest BCUT2D eigenvalue weighted by molar-refractivity contribution is -0.0138. The summed E-state index contributed by atoms with van der Waals surface area (Å²) in [6.45, 7) is 3.05. The van der Waals surface area contributed by atoms with E-state index in [0.717, 1.165) is 12.8 Å². The number of likely N-dealkylation sites (tertiary alicyclic amines) is 1. The Morgan fingerprint density at radius 1 is 1.39 bits per heavy atom. The molecule has 120 valence electrons. The number of carbonyl (C=O) groups excluding carboxylic acids is 1. The third-order valence-electron chi connectivity index (χ3n) is 4.44. The molecule has 2 aliphatic heterocycles. The lowest BCUT2D eigenvalue weighted by atomic mass is 9.91. The lowest BCUT2D eigenvalue weighted by Crippen LogP contribution is -2.45. The average Bonchev–Trinajstić information content (AvgIpc) is 3.20. The summed E-state index contributed by atoms with van der Waals surface area (Å²) in [6, 6.07) is 0. The van der Waals surface area contributed by atoms with Crippen molar-refractivity contribution < 1.29 is 14.1 Å². The molecule has 1 amide bonds. The molecular formula is C15H17N5O3. The fourth-order valence-electron chi connectivity index (χ4n) is 3.29. The van der Waals surface area contributed by atoms with Gasteiger partial charge in [-0.3, -0.25) is 9.78 Å². The average molecular weight is 315 g/mol. The Kier molecular flexibility index (Phi) is 3.53. The Hall–Kier alpha value is -2.35. The van der Waals surface area contributed by atoms with Gasteiger partial charge in [0.05, 0.1) is 12.3 Å². The van der Waals surface area contributed by atoms with Crippen molar-refractivity contribution >= 4 is 5.91 Å². The highest BCUT2D eigenvalue weighted by molar-refractivity contribution is 5.92. The minimum Gasteiger partial charge on any atom is -0.363 e. The molecule has 2 fully saturated rings. The SMILES string of the molecule is Cc1noc([C@H]2C[C@@H]3CCN(C(=O)c4cnccn4)C[C@H]3O2)n1. The third kappa shape index (κ3) is 2.70. The molecule has 2 aromatic rings. The van der Waals surface area contributed by atoms with E-state index in [4.69, 9.17) is 9.26 Å². The van der Waals surface area contributed by atoms with Gasteiger partial charge in [-0.25, -0.2) is 4.98 Å². The molecule has 0 saturated carbocycles. The zero-order valence-corrected chi connectivity index (χ0v) is 12.8. The molecular weight excluding hydrogens is 298 g/mol. The van der Waals surface area contributed by atoms with E-state index in [2.05, 4.69) is 20.1 Å². The molecule has 0 unspecified atom stereocenters. The summed E-state index contributed by atoms with van der Waals surface area (Å²) in [6.07, 6.45) is 6.17. The summed E-state index contributed by atoms with van der Waals surface area (Å²) in [7, 11) is 0. The monoisotopic (exact) mass is 315 g/mol. The number of amides is 1. The number of fused-ring (bicyclic) bond motifs is 1. The maximum atomic E-state index is 12.5. The maximum Gasteiger partial charge on any atom is 0.274 e. The molecule has 2 aromatic heterocycles. The van der Waals surface area contributed by atoms with Crippen LogP contribution in [0.1, 0.15) is 41.1 Å². The molecule has 3 atom stereocenters. The van der Waals surface area contributed by atoms with Crippen molar-refractivity contribution in [2.24, 2.45) is 5.92 Å². The predicted octanol–water partition coefficient (Wildman–Crippen LogP) is 1.16. The van der Waals surface area contributed by atoms with Crippen molar-refractivity contribution in [3.05, 3.63) is 36.0 Å². The van der Waals surface area contributed by atoms with Gasteiger partial charge in [-0.15, -0.1) is 0 Å². The van der Waals surface area contributed by atoms with Crippen LogP contribution in [0.4, 0.5) is 0 Å². The van der Waals surface area contributed by atoms with Crippen molar-refractivity contribution in [2.45, 2.75) is 32.0 Å². The number of ether oxygens (including phenoxy) is 1. The first-order chi connectivity index (χ1) is 11.2. The van der Waals surface area contributed by atoms with E-state index in [1.807, 2.05) is 0 Å². The van der Waals surface area contributed by atoms with E-state index >= 15 is 0 Å². The summed E-state index contributed by atoms with van der Waals surface area (Å²) < 4.78 is 11.3. The Morgan fingerprint density at radius 2 is 2.30 bits per heavy atom. The number of nitrogens with zero attached hydrogens (tertiary/aromatic N) is 5. The number of piperidine rings is 1. The summed E-state index contributed by atoms with van der Waals surface area (Å²) in [5.74, 6) is 1.46. The van der Waals surface area contributed by atoms with E-state index in [0.29, 0.717) is 36.4 Å². The van der Waals surface area contributed by atoms with Crippen LogP contribution in [0, 0.1) is 12.8 Å². The van der Waals surface area contributed by atoms with Crippen molar-refractivity contribution in [1.29, 1.82) is 0 Å². The number of rotatable bonds is 2. The fraction of sp³-hybridized carbons (Fsp3) is 0.533. The molecule has 2 aliphatic rings. The van der Waals surface area contributed by atoms with E-state index in [1.165, 1.54) is 12.4 Å². The van der Waals surface area contributed by atoms with Crippen molar-refractivity contribution in [3.63, 3.8) is 0 Å². The number of carbonyl (C=O) groups is 1. The molecule has 8 heteroatoms. The van der Waals surface area contributed by atoms with Gasteiger partial charge < -0.3 is 14.2 Å². The minimum absolute atomic E-state index is 0.00146. The largest absolute Gasteiger partial charge is 0.363 e. The van der Waals surface area contributed by atoms with Crippen molar-refractivity contribution in [2.75, 3.05) is 13.1 Å². The minimum atomic E-state index is -0.169. The molecule has 0 N–H and O–H groups in total. The quantitative estimate of drug-likeness (QED) is 0.820. The normalized spacial score (nSPS) is 27.0. The zero-order valence-electron chi connectivity index (χ0n) is 12.8. The molecule has 2 saturated heterocycles. The standard InChI is InChI=1S/C15H17N5O3/c1-9-18-14(23-19-9)12-6-10-2-5-20(8-13(10)22-12)15(21)11-7-16-3-4-17-11/h3-4,7,10,12-13H,2,5-6,8H2,1H3/t10-,12+,13+/m0/s1. The smallest absolute Gasteiger partial charge is 0.274 e. The summed E-state index contributed by atoms with van der Waals surface area (Å²) in [5, 5.41) is 3.82. The highest BCUT2D eigenvalue weighted by Crippen LogP contribution is 2.40. The first-order valence-corrected chi connectivity index (χ1v) is 7.71. The summed E-state index contributed by atoms with van der Waals surface area (Å²) >= 11 is 0. The second-order valence-electron chi connectivity index (χ2n) is 5.97. The second-order valence-corrected chi connectivity index (χ2v) is 5.97. The predicted molar refractivity (Wildman–Crippen MR) is 77.3 cm³/mol. The molecule has 23 heavy (non-hydrogen) atoms. The number of aryl methyl sites for hydroxylation is 1. The lowest BCUT2D eigenvalue weighted by Gasteiger charge is -2.33. The fourth-order valence-corrected chi connectivity index (χ4v) is 3.29. The first kappa shape index (κ1) is 14.3. The van der Waals surface area contributed by atoms with Gasteiger partial charge in [0.25, 0.3) is 11.8 Å². The van der Waals surface area contributed by atoms with Gasteiger partial charge in [0, 0.05) is 25.5 Å². The van der Waals surface area contributed by atoms with Gasteiger partial charge in [-0.05, 0) is 25.7 Å². The highest BCUT2D eigenvalue weighted by atomic mass is 16.5. The van der Waals surface area contributed by atoms with Crippen LogP contribution < -0.4 is 0 Å². The molecule has 0 spiro atoms. The molecule has 4 heterocycles. The number of hydrogen-bond acceptors (Lipinski definition) is 7. The molecule has 0 aliphatic carbocycles. The van der Waals surface area contributed by atoms with Crippen molar-refractivity contribution in [1.82, 2.24) is 25.0 Å². The molecule has 0 radical (unpaired) electrons. The number of hydrogen-bond donors (Lipinski definition) is 0. The van der Waals surface area contributed by atoms with Crippen LogP contribution in [0.5, 0.6) is 0 Å². The maximum absolute atomic E-state index is 12.5. The van der Waals surface area contributed by atoms with Gasteiger partial charge in [-0.2, -0.15) is 4.98 Å². The van der Waals surface area contributed by atoms with Crippen molar-refractivity contribution in [3.8, 4) is 0 Å². The molecule has 0 aromatic carbocycles. The highest BCUT2D eigenvalue weighted by Gasteiger charge is 2.42. The number of aromatic nitrogens is 4. The summed E-state index contributed by atoms with van der Waals surface area (Å²) in [4.78, 5) is 26.5. The Bertz CT molecular complexity index is 704. The van der Waals surface area contributed by atoms with Crippen LogP contribution in [0.25, 0.3) is 0 Å². The Balaban J connectivity index is 1.44. The third-order valence-corrected chi connectivity index (χ3v) is 4.44. The van der Waals surface area contributed by atoms with Crippen LogP contribution in [0.15, 0.2) is 23.1 Å². The Labute approximate surface area is 132 Å². The van der Waals surface area contributed by atoms with Crippen LogP contribution in [-0.2, 0) is 4.74 Å². The van der Waals surface area contributed by atoms with Gasteiger partial charge in [0.2, 0.25) is 0 Å². The van der Waals surface area contributed by atoms with Gasteiger partial charge in [0.15, 0.2) is 5.82 Å². The Morgan fingerprint density at radius 3 is 3.04 bits per heavy atom.